The molecule has 1 atom stereocenters. The minimum absolute atomic E-state index is 0.270. The zero-order valence-corrected chi connectivity index (χ0v) is 18.0. The minimum Gasteiger partial charge on any atom is -0.462 e. The van der Waals surface area contributed by atoms with Crippen molar-refractivity contribution in [1.29, 1.82) is 0 Å². The van der Waals surface area contributed by atoms with Gasteiger partial charge in [-0.25, -0.2) is 4.79 Å². The highest BCUT2D eigenvalue weighted by molar-refractivity contribution is 6.70. The third-order valence-electron chi connectivity index (χ3n) is 2.70. The van der Waals surface area contributed by atoms with Gasteiger partial charge in [0.25, 0.3) is 5.79 Å². The zero-order chi connectivity index (χ0) is 17.8. The zero-order valence-electron chi connectivity index (χ0n) is 16.0. The summed E-state index contributed by atoms with van der Waals surface area (Å²) in [5.41, 5.74) is -0.944. The second-order valence-corrected chi connectivity index (χ2v) is 16.6. The van der Waals surface area contributed by atoms with Crippen LogP contribution in [0, 0.1) is 0 Å². The maximum Gasteiger partial charge on any atom is 0.369 e. The van der Waals surface area contributed by atoms with Crippen LogP contribution in [-0.2, 0) is 23.1 Å². The Morgan fingerprint density at radius 1 is 0.864 bits per heavy atom. The first-order chi connectivity index (χ1) is 9.71. The first kappa shape index (κ1) is 21.8. The van der Waals surface area contributed by atoms with Gasteiger partial charge >= 0.3 is 5.97 Å². The van der Waals surface area contributed by atoms with Crippen molar-refractivity contribution in [2.24, 2.45) is 0 Å². The summed E-state index contributed by atoms with van der Waals surface area (Å²) >= 11 is 0. The third kappa shape index (κ3) is 6.12. The molecule has 1 unspecified atom stereocenters. The van der Waals surface area contributed by atoms with Crippen LogP contribution in [0.2, 0.25) is 39.3 Å². The van der Waals surface area contributed by atoms with Crippen LogP contribution in [0.4, 0.5) is 0 Å². The Bertz CT molecular complexity index is 371. The smallest absolute Gasteiger partial charge is 0.369 e. The second-order valence-electron chi connectivity index (χ2n) is 7.71. The Morgan fingerprint density at radius 3 is 1.64 bits per heavy atom. The van der Waals surface area contributed by atoms with E-state index in [4.69, 9.17) is 18.3 Å². The number of carbonyl (C=O) groups is 1. The van der Waals surface area contributed by atoms with Crippen molar-refractivity contribution < 1.29 is 23.1 Å². The number of carbonyl (C=O) groups excluding carboxylic acids is 1. The Labute approximate surface area is 137 Å². The summed E-state index contributed by atoms with van der Waals surface area (Å²) in [5, 5.41) is 0. The highest BCUT2D eigenvalue weighted by Gasteiger charge is 2.59. The number of esters is 1. The number of hydrogen-bond donors (Lipinski definition) is 0. The van der Waals surface area contributed by atoms with Crippen molar-refractivity contribution in [2.45, 2.75) is 78.4 Å². The second kappa shape index (κ2) is 7.57. The molecule has 22 heavy (non-hydrogen) atoms. The van der Waals surface area contributed by atoms with E-state index >= 15 is 0 Å². The van der Waals surface area contributed by atoms with Crippen molar-refractivity contribution in [3.8, 4) is 0 Å². The molecule has 0 saturated carbocycles. The first-order valence-corrected chi connectivity index (χ1v) is 14.7. The predicted molar refractivity (Wildman–Crippen MR) is 93.9 cm³/mol. The Kier molecular flexibility index (Phi) is 7.49. The molecule has 0 rings (SSSR count). The van der Waals surface area contributed by atoms with Crippen molar-refractivity contribution in [3.63, 3.8) is 0 Å². The number of hydrogen-bond acceptors (Lipinski definition) is 5. The average molecular weight is 351 g/mol. The van der Waals surface area contributed by atoms with E-state index in [0.29, 0.717) is 6.61 Å². The third-order valence-corrected chi connectivity index (χ3v) is 4.72. The summed E-state index contributed by atoms with van der Waals surface area (Å²) in [6.45, 7) is 20.2. The van der Waals surface area contributed by atoms with Crippen LogP contribution >= 0.6 is 0 Å². The summed E-state index contributed by atoms with van der Waals surface area (Å²) in [6, 6.07) is 0. The Hall–Kier alpha value is -0.216. The lowest BCUT2D eigenvalue weighted by Gasteiger charge is -2.48. The summed E-state index contributed by atoms with van der Waals surface area (Å²) in [6.07, 6.45) is 0. The normalized spacial score (nSPS) is 16.3. The van der Waals surface area contributed by atoms with Crippen molar-refractivity contribution in [3.05, 3.63) is 0 Å². The fraction of sp³-hybridized carbons (Fsp3) is 0.933. The fourth-order valence-corrected chi connectivity index (χ4v) is 5.28. The van der Waals surface area contributed by atoms with Crippen LogP contribution in [0.1, 0.15) is 27.7 Å². The molecule has 0 aromatic rings. The van der Waals surface area contributed by atoms with Gasteiger partial charge < -0.3 is 18.3 Å². The molecular weight excluding hydrogens is 316 g/mol. The average Bonchev–Trinajstić information content (AvgIpc) is 2.23. The van der Waals surface area contributed by atoms with Crippen LogP contribution in [0.15, 0.2) is 0 Å². The monoisotopic (exact) mass is 350 g/mol. The molecule has 0 heterocycles. The first-order valence-electron chi connectivity index (χ1n) is 7.92. The van der Waals surface area contributed by atoms with E-state index in [-0.39, 0.29) is 6.61 Å². The summed E-state index contributed by atoms with van der Waals surface area (Å²) < 4.78 is 23.6. The van der Waals surface area contributed by atoms with Crippen molar-refractivity contribution in [1.82, 2.24) is 0 Å². The Morgan fingerprint density at radius 2 is 1.32 bits per heavy atom. The van der Waals surface area contributed by atoms with Gasteiger partial charge in [0.15, 0.2) is 16.6 Å². The minimum atomic E-state index is -2.10. The van der Waals surface area contributed by atoms with Crippen LogP contribution < -0.4 is 0 Å². The van der Waals surface area contributed by atoms with Crippen LogP contribution in [-0.4, -0.2) is 47.2 Å². The lowest BCUT2D eigenvalue weighted by Crippen LogP contribution is -2.66. The lowest BCUT2D eigenvalue weighted by molar-refractivity contribution is -0.271. The molecule has 0 fully saturated rings. The van der Waals surface area contributed by atoms with Crippen molar-refractivity contribution in [2.75, 3.05) is 13.2 Å². The largest absolute Gasteiger partial charge is 0.462 e. The van der Waals surface area contributed by atoms with E-state index in [1.807, 2.05) is 40.4 Å². The molecule has 0 radical (unpaired) electrons. The highest BCUT2D eigenvalue weighted by atomic mass is 28.4. The van der Waals surface area contributed by atoms with E-state index in [9.17, 15) is 4.79 Å². The quantitative estimate of drug-likeness (QED) is 0.360. The predicted octanol–water partition coefficient (Wildman–Crippen LogP) is 3.76. The van der Waals surface area contributed by atoms with Gasteiger partial charge in [-0.2, -0.15) is 0 Å². The van der Waals surface area contributed by atoms with Crippen molar-refractivity contribution >= 4 is 22.6 Å². The van der Waals surface area contributed by atoms with Gasteiger partial charge in [0.05, 0.1) is 6.61 Å². The summed E-state index contributed by atoms with van der Waals surface area (Å²) in [4.78, 5) is 12.8. The molecule has 0 saturated heterocycles. The highest BCUT2D eigenvalue weighted by Crippen LogP contribution is 2.37. The van der Waals surface area contributed by atoms with Gasteiger partial charge in [0.2, 0.25) is 0 Å². The van der Waals surface area contributed by atoms with Crippen LogP contribution in [0.25, 0.3) is 0 Å². The van der Waals surface area contributed by atoms with Gasteiger partial charge in [-0.3, -0.25) is 0 Å². The molecule has 0 amide bonds. The van der Waals surface area contributed by atoms with Gasteiger partial charge in [-0.1, -0.05) is 0 Å². The SMILES string of the molecule is CCOC(=O)C(OCC)(O[Si](C)(C)C)C(C)(C)O[Si](C)(C)C. The molecule has 5 nitrogen and oxygen atoms in total. The fourth-order valence-electron chi connectivity index (χ4n) is 2.37. The molecule has 0 aromatic carbocycles. The molecule has 132 valence electrons. The molecule has 0 bridgehead atoms. The maximum atomic E-state index is 12.8. The number of rotatable bonds is 9. The van der Waals surface area contributed by atoms with Gasteiger partial charge in [-0.15, -0.1) is 0 Å². The molecule has 0 spiro atoms. The Balaban J connectivity index is 5.95. The van der Waals surface area contributed by atoms with E-state index in [1.54, 1.807) is 6.92 Å². The van der Waals surface area contributed by atoms with Gasteiger partial charge in [-0.05, 0) is 67.0 Å². The van der Waals surface area contributed by atoms with E-state index in [0.717, 1.165) is 0 Å². The topological polar surface area (TPSA) is 54.0 Å². The summed E-state index contributed by atoms with van der Waals surface area (Å²) in [5.74, 6) is -2.05. The standard InChI is InChI=1S/C15H34O5Si2/c1-11-17-13(16)15(18-12-2,20-22(8,9)10)14(3,4)19-21(5,6)7/h11-12H2,1-10H3. The molecule has 0 aliphatic rings. The molecule has 0 aromatic heterocycles. The molecule has 0 N–H and O–H groups in total. The maximum absolute atomic E-state index is 12.8. The molecular formula is C15H34O5Si2. The van der Waals surface area contributed by atoms with Crippen LogP contribution in [0.5, 0.6) is 0 Å². The van der Waals surface area contributed by atoms with Gasteiger partial charge in [0.1, 0.15) is 5.60 Å². The number of ether oxygens (including phenoxy) is 2. The summed E-state index contributed by atoms with van der Waals surface area (Å²) in [7, 11) is -4.03. The molecule has 0 aliphatic heterocycles. The van der Waals surface area contributed by atoms with E-state index < -0.39 is 34.0 Å². The van der Waals surface area contributed by atoms with Crippen LogP contribution in [0.3, 0.4) is 0 Å². The van der Waals surface area contributed by atoms with E-state index in [1.165, 1.54) is 0 Å². The van der Waals surface area contributed by atoms with Gasteiger partial charge in [0, 0.05) is 6.61 Å². The molecule has 7 heteroatoms. The lowest BCUT2D eigenvalue weighted by atomic mass is 9.97. The molecule has 0 aliphatic carbocycles. The van der Waals surface area contributed by atoms with E-state index in [2.05, 4.69) is 19.6 Å².